The standard InChI is InChI=1S/C8H4FS/c9-8-2-1-6-3-4-10-5-7(6)8/h2-5H. The molecule has 0 unspecified atom stereocenters. The molecular formula is C8H4FS. The van der Waals surface area contributed by atoms with Gasteiger partial charge in [-0.05, 0) is 29.1 Å². The van der Waals surface area contributed by atoms with Gasteiger partial charge in [0, 0.05) is 10.9 Å². The van der Waals surface area contributed by atoms with Crippen LogP contribution in [-0.2, 0) is 0 Å². The van der Waals surface area contributed by atoms with Crippen molar-refractivity contribution in [2.45, 2.75) is 0 Å². The number of fused-ring (bicyclic) bond motifs is 1. The van der Waals surface area contributed by atoms with Crippen molar-refractivity contribution in [3.05, 3.63) is 34.8 Å². The highest BCUT2D eigenvalue weighted by atomic mass is 32.1. The van der Waals surface area contributed by atoms with Crippen LogP contribution in [-0.4, -0.2) is 0 Å². The van der Waals surface area contributed by atoms with E-state index in [1.165, 1.54) is 17.4 Å². The fourth-order valence-electron chi connectivity index (χ4n) is 0.898. The average Bonchev–Trinajstić information content (AvgIpc) is 2.34. The maximum atomic E-state index is 12.7. The summed E-state index contributed by atoms with van der Waals surface area (Å²) in [7, 11) is 0. The molecule has 1 aliphatic carbocycles. The molecule has 0 aromatic carbocycles. The van der Waals surface area contributed by atoms with Crippen LogP contribution in [0.4, 0.5) is 4.39 Å². The Balaban J connectivity index is 2.78. The maximum absolute atomic E-state index is 12.7. The monoisotopic (exact) mass is 151 g/mol. The molecule has 0 aromatic heterocycles. The second-order valence-corrected chi connectivity index (χ2v) is 2.80. The lowest BCUT2D eigenvalue weighted by atomic mass is 10.2. The third-order valence-corrected chi connectivity index (χ3v) is 2.07. The largest absolute Gasteiger partial charge is 0.206 e. The van der Waals surface area contributed by atoms with Gasteiger partial charge in [-0.25, -0.2) is 4.39 Å². The lowest BCUT2D eigenvalue weighted by molar-refractivity contribution is 0.636. The van der Waals surface area contributed by atoms with E-state index in [2.05, 4.69) is 6.07 Å². The van der Waals surface area contributed by atoms with E-state index in [0.29, 0.717) is 5.56 Å². The van der Waals surface area contributed by atoms with Crippen LogP contribution in [0, 0.1) is 11.9 Å². The van der Waals surface area contributed by atoms with Gasteiger partial charge in [0.25, 0.3) is 0 Å². The van der Waals surface area contributed by atoms with Gasteiger partial charge in [-0.15, -0.1) is 0 Å². The fourth-order valence-corrected chi connectivity index (χ4v) is 1.57. The summed E-state index contributed by atoms with van der Waals surface area (Å²) >= 11 is 1.49. The van der Waals surface area contributed by atoms with E-state index in [1.54, 1.807) is 5.38 Å². The van der Waals surface area contributed by atoms with E-state index in [1.807, 2.05) is 11.4 Å². The zero-order chi connectivity index (χ0) is 6.97. The number of hydrogen-bond acceptors (Lipinski definition) is 1. The van der Waals surface area contributed by atoms with E-state index in [0.717, 1.165) is 5.56 Å². The molecule has 0 saturated carbocycles. The molecule has 1 aliphatic heterocycles. The summed E-state index contributed by atoms with van der Waals surface area (Å²) in [6.07, 6.45) is 0. The average molecular weight is 151 g/mol. The lowest BCUT2D eigenvalue weighted by Crippen LogP contribution is -1.71. The smallest absolute Gasteiger partial charge is 0.132 e. The highest BCUT2D eigenvalue weighted by Gasteiger charge is 2.06. The zero-order valence-electron chi connectivity index (χ0n) is 5.10. The molecule has 1 radical (unpaired) electrons. The topological polar surface area (TPSA) is 0 Å². The summed E-state index contributed by atoms with van der Waals surface area (Å²) in [4.78, 5) is 0. The summed E-state index contributed by atoms with van der Waals surface area (Å²) < 4.78 is 12.7. The Morgan fingerprint density at radius 3 is 3.20 bits per heavy atom. The first kappa shape index (κ1) is 5.86. The Labute approximate surface area is 62.3 Å². The maximum Gasteiger partial charge on any atom is 0.132 e. The minimum absolute atomic E-state index is 0.174. The quantitative estimate of drug-likeness (QED) is 0.543. The SMILES string of the molecule is Fc1c[c]c2ccscc1-2. The number of rotatable bonds is 0. The van der Waals surface area contributed by atoms with Crippen molar-refractivity contribution < 1.29 is 4.39 Å². The van der Waals surface area contributed by atoms with E-state index in [9.17, 15) is 4.39 Å². The molecule has 49 valence electrons. The molecule has 0 nitrogen and oxygen atoms in total. The minimum atomic E-state index is -0.174. The van der Waals surface area contributed by atoms with Crippen LogP contribution < -0.4 is 0 Å². The van der Waals surface area contributed by atoms with Crippen molar-refractivity contribution in [2.24, 2.45) is 0 Å². The molecule has 0 aromatic rings. The van der Waals surface area contributed by atoms with E-state index >= 15 is 0 Å². The molecule has 2 rings (SSSR count). The van der Waals surface area contributed by atoms with Gasteiger partial charge in [0.05, 0.1) is 0 Å². The molecule has 0 N–H and O–H groups in total. The Morgan fingerprint density at radius 1 is 1.50 bits per heavy atom. The van der Waals surface area contributed by atoms with Crippen LogP contribution in [0.2, 0.25) is 0 Å². The minimum Gasteiger partial charge on any atom is -0.206 e. The van der Waals surface area contributed by atoms with Crippen LogP contribution >= 0.6 is 11.3 Å². The second kappa shape index (κ2) is 2.06. The highest BCUT2D eigenvalue weighted by molar-refractivity contribution is 7.07. The molecular weight excluding hydrogens is 147 g/mol. The molecule has 0 saturated heterocycles. The predicted molar refractivity (Wildman–Crippen MR) is 39.7 cm³/mol. The Morgan fingerprint density at radius 2 is 2.40 bits per heavy atom. The second-order valence-electron chi connectivity index (χ2n) is 2.02. The van der Waals surface area contributed by atoms with Gasteiger partial charge in [-0.3, -0.25) is 0 Å². The van der Waals surface area contributed by atoms with Crippen molar-refractivity contribution >= 4 is 11.3 Å². The fraction of sp³-hybridized carbons (Fsp3) is 0. The van der Waals surface area contributed by atoms with Crippen molar-refractivity contribution in [3.8, 4) is 11.1 Å². The normalized spacial score (nSPS) is 10.5. The van der Waals surface area contributed by atoms with Gasteiger partial charge >= 0.3 is 0 Å². The van der Waals surface area contributed by atoms with Crippen LogP contribution in [0.5, 0.6) is 0 Å². The van der Waals surface area contributed by atoms with Gasteiger partial charge in [0.15, 0.2) is 0 Å². The number of halogens is 1. The van der Waals surface area contributed by atoms with Crippen molar-refractivity contribution in [3.63, 3.8) is 0 Å². The van der Waals surface area contributed by atoms with Gasteiger partial charge in [-0.1, -0.05) is 0 Å². The van der Waals surface area contributed by atoms with Gasteiger partial charge in [0.1, 0.15) is 5.82 Å². The van der Waals surface area contributed by atoms with Crippen LogP contribution in [0.15, 0.2) is 22.9 Å². The summed E-state index contributed by atoms with van der Waals surface area (Å²) in [6, 6.07) is 6.06. The first-order valence-corrected chi connectivity index (χ1v) is 3.84. The molecule has 2 heteroatoms. The van der Waals surface area contributed by atoms with Crippen LogP contribution in [0.1, 0.15) is 0 Å². The Bertz CT molecular complexity index is 313. The first-order valence-electron chi connectivity index (χ1n) is 2.90. The summed E-state index contributed by atoms with van der Waals surface area (Å²) in [5.74, 6) is -0.174. The molecule has 0 bridgehead atoms. The summed E-state index contributed by atoms with van der Waals surface area (Å²) in [5, 5.41) is 3.71. The van der Waals surface area contributed by atoms with Crippen molar-refractivity contribution in [1.82, 2.24) is 0 Å². The predicted octanol–water partition coefficient (Wildman–Crippen LogP) is 2.79. The molecule has 0 amide bonds. The van der Waals surface area contributed by atoms with Gasteiger partial charge < -0.3 is 0 Å². The molecule has 1 heterocycles. The molecule has 0 spiro atoms. The number of hydrogen-bond donors (Lipinski definition) is 0. The molecule has 0 atom stereocenters. The van der Waals surface area contributed by atoms with Crippen molar-refractivity contribution in [2.75, 3.05) is 0 Å². The third kappa shape index (κ3) is 0.727. The third-order valence-electron chi connectivity index (χ3n) is 1.40. The summed E-state index contributed by atoms with van der Waals surface area (Å²) in [5.41, 5.74) is 1.53. The van der Waals surface area contributed by atoms with E-state index < -0.39 is 0 Å². The van der Waals surface area contributed by atoms with E-state index in [-0.39, 0.29) is 5.82 Å². The van der Waals surface area contributed by atoms with Crippen LogP contribution in [0.3, 0.4) is 0 Å². The first-order chi connectivity index (χ1) is 4.88. The molecule has 0 fully saturated rings. The lowest BCUT2D eigenvalue weighted by Gasteiger charge is -1.93. The van der Waals surface area contributed by atoms with E-state index in [4.69, 9.17) is 0 Å². The van der Waals surface area contributed by atoms with Gasteiger partial charge in [-0.2, -0.15) is 11.3 Å². The highest BCUT2D eigenvalue weighted by Crippen LogP contribution is 2.26. The van der Waals surface area contributed by atoms with Gasteiger partial charge in [0.2, 0.25) is 0 Å². The van der Waals surface area contributed by atoms with Crippen molar-refractivity contribution in [1.29, 1.82) is 0 Å². The van der Waals surface area contributed by atoms with Crippen LogP contribution in [0.25, 0.3) is 11.1 Å². The summed E-state index contributed by atoms with van der Waals surface area (Å²) in [6.45, 7) is 0. The Hall–Kier alpha value is -0.890. The molecule has 2 aliphatic rings. The zero-order valence-corrected chi connectivity index (χ0v) is 5.91. The molecule has 10 heavy (non-hydrogen) atoms. The Kier molecular flexibility index (Phi) is 1.21.